The summed E-state index contributed by atoms with van der Waals surface area (Å²) in [6.45, 7) is 2.62. The number of fused-ring (bicyclic) bond motifs is 1. The molecule has 1 aliphatic heterocycles. The van der Waals surface area contributed by atoms with Crippen molar-refractivity contribution in [1.82, 2.24) is 9.80 Å². The molecule has 1 saturated heterocycles. The number of halogens is 2. The highest BCUT2D eigenvalue weighted by Crippen LogP contribution is 2.33. The number of nitrogens with zero attached hydrogens (tertiary/aromatic N) is 2. The molecule has 32 heavy (non-hydrogen) atoms. The first-order chi connectivity index (χ1) is 15.2. The summed E-state index contributed by atoms with van der Waals surface area (Å²) in [6, 6.07) is 9.20. The average Bonchev–Trinajstić information content (AvgIpc) is 3.34. The summed E-state index contributed by atoms with van der Waals surface area (Å²) in [5.74, 6) is -3.86. The van der Waals surface area contributed by atoms with E-state index in [0.29, 0.717) is 24.2 Å². The summed E-state index contributed by atoms with van der Waals surface area (Å²) in [5, 5.41) is 2.47. The number of likely N-dealkylation sites (tertiary alicyclic amines) is 1. The lowest BCUT2D eigenvalue weighted by Crippen LogP contribution is -2.31. The van der Waals surface area contributed by atoms with Crippen molar-refractivity contribution >= 4 is 28.5 Å². The molecule has 2 amide bonds. The van der Waals surface area contributed by atoms with Crippen LogP contribution in [0.3, 0.4) is 0 Å². The van der Waals surface area contributed by atoms with Crippen LogP contribution < -0.4 is 11.1 Å². The average molecular weight is 442 g/mol. The van der Waals surface area contributed by atoms with Gasteiger partial charge in [-0.1, -0.05) is 12.1 Å². The Labute approximate surface area is 183 Å². The first-order valence-corrected chi connectivity index (χ1v) is 10.2. The van der Waals surface area contributed by atoms with E-state index in [9.17, 15) is 18.4 Å². The molecule has 4 rings (SSSR count). The number of carbonyl (C=O) groups excluding carboxylic acids is 2. The summed E-state index contributed by atoms with van der Waals surface area (Å²) in [7, 11) is 4.13. The zero-order valence-corrected chi connectivity index (χ0v) is 17.8. The number of rotatable bonds is 6. The second kappa shape index (κ2) is 8.68. The van der Waals surface area contributed by atoms with Gasteiger partial charge in [0.05, 0.1) is 5.39 Å². The van der Waals surface area contributed by atoms with Gasteiger partial charge < -0.3 is 20.4 Å². The van der Waals surface area contributed by atoms with E-state index in [2.05, 4.69) is 29.2 Å². The summed E-state index contributed by atoms with van der Waals surface area (Å²) >= 11 is 0. The van der Waals surface area contributed by atoms with Crippen LogP contribution in [-0.4, -0.2) is 54.8 Å². The number of amides is 2. The fraction of sp³-hybridized carbons (Fsp3) is 0.304. The largest absolute Gasteiger partial charge is 0.446 e. The standard InChI is InChI=1S/C23H24F2N4O3/c1-28(2)16-6-7-29(12-16)11-13-4-3-5-14(8-13)23(31)27-19-17-9-15(24)10-18(25)20(17)32-21(19)22(26)30/h3-5,8-10,16H,6-7,11-12H2,1-2H3,(H2,26,30)(H,27,31)/t16-/m0/s1. The topological polar surface area (TPSA) is 91.8 Å². The van der Waals surface area contributed by atoms with Crippen molar-refractivity contribution in [1.29, 1.82) is 0 Å². The minimum Gasteiger partial charge on any atom is -0.446 e. The Morgan fingerprint density at radius 3 is 2.72 bits per heavy atom. The summed E-state index contributed by atoms with van der Waals surface area (Å²) in [4.78, 5) is 29.2. The van der Waals surface area contributed by atoms with Crippen molar-refractivity contribution in [3.05, 3.63) is 64.9 Å². The highest BCUT2D eigenvalue weighted by atomic mass is 19.1. The predicted molar refractivity (Wildman–Crippen MR) is 116 cm³/mol. The normalized spacial score (nSPS) is 16.7. The lowest BCUT2D eigenvalue weighted by Gasteiger charge is -2.20. The Kier molecular flexibility index (Phi) is 5.94. The third kappa shape index (κ3) is 4.35. The van der Waals surface area contributed by atoms with Gasteiger partial charge in [-0.3, -0.25) is 14.5 Å². The van der Waals surface area contributed by atoms with Crippen molar-refractivity contribution in [2.24, 2.45) is 5.73 Å². The number of nitrogens with one attached hydrogen (secondary N) is 1. The van der Waals surface area contributed by atoms with Crippen LogP contribution in [-0.2, 0) is 6.54 Å². The Morgan fingerprint density at radius 2 is 2.03 bits per heavy atom. The minimum absolute atomic E-state index is 0.0763. The second-order valence-electron chi connectivity index (χ2n) is 8.23. The molecule has 0 aliphatic carbocycles. The Bertz CT molecular complexity index is 1190. The van der Waals surface area contributed by atoms with Gasteiger partial charge in [-0.2, -0.15) is 0 Å². The van der Waals surface area contributed by atoms with E-state index in [1.807, 2.05) is 6.07 Å². The first kappa shape index (κ1) is 21.9. The molecule has 168 valence electrons. The minimum atomic E-state index is -1.01. The van der Waals surface area contributed by atoms with Crippen molar-refractivity contribution in [2.45, 2.75) is 19.0 Å². The smallest absolute Gasteiger partial charge is 0.286 e. The molecular formula is C23H24F2N4O3. The maximum atomic E-state index is 14.1. The van der Waals surface area contributed by atoms with Crippen LogP contribution in [0.5, 0.6) is 0 Å². The van der Waals surface area contributed by atoms with Crippen molar-refractivity contribution < 1.29 is 22.8 Å². The molecule has 1 aromatic heterocycles. The van der Waals surface area contributed by atoms with Crippen LogP contribution in [0.15, 0.2) is 40.8 Å². The Balaban J connectivity index is 1.57. The van der Waals surface area contributed by atoms with Crippen LogP contribution >= 0.6 is 0 Å². The first-order valence-electron chi connectivity index (χ1n) is 10.2. The van der Waals surface area contributed by atoms with Crippen LogP contribution in [0.25, 0.3) is 11.0 Å². The zero-order valence-electron chi connectivity index (χ0n) is 17.8. The fourth-order valence-electron chi connectivity index (χ4n) is 4.05. The molecule has 3 N–H and O–H groups in total. The quantitative estimate of drug-likeness (QED) is 0.612. The molecule has 3 aromatic rings. The molecule has 0 bridgehead atoms. The molecular weight excluding hydrogens is 418 g/mol. The fourth-order valence-corrected chi connectivity index (χ4v) is 4.05. The highest BCUT2D eigenvalue weighted by molar-refractivity contribution is 6.14. The SMILES string of the molecule is CN(C)[C@H]1CCN(Cc2cccc(C(=O)Nc3c(C(N)=O)oc4c(F)cc(F)cc34)c2)C1. The number of hydrogen-bond donors (Lipinski definition) is 2. The van der Waals surface area contributed by atoms with Gasteiger partial charge in [0, 0.05) is 37.3 Å². The zero-order chi connectivity index (χ0) is 23.0. The molecule has 0 unspecified atom stereocenters. The monoisotopic (exact) mass is 442 g/mol. The molecule has 1 atom stereocenters. The molecule has 0 radical (unpaired) electrons. The van der Waals surface area contributed by atoms with E-state index in [0.717, 1.165) is 31.1 Å². The molecule has 2 aromatic carbocycles. The van der Waals surface area contributed by atoms with Gasteiger partial charge in [0.2, 0.25) is 5.76 Å². The van der Waals surface area contributed by atoms with Gasteiger partial charge in [-0.25, -0.2) is 8.78 Å². The number of benzene rings is 2. The summed E-state index contributed by atoms with van der Waals surface area (Å²) in [6.07, 6.45) is 1.09. The van der Waals surface area contributed by atoms with E-state index >= 15 is 0 Å². The van der Waals surface area contributed by atoms with Crippen LogP contribution in [0, 0.1) is 11.6 Å². The van der Waals surface area contributed by atoms with Crippen molar-refractivity contribution in [3.63, 3.8) is 0 Å². The van der Waals surface area contributed by atoms with Crippen LogP contribution in [0.4, 0.5) is 14.5 Å². The number of nitrogens with two attached hydrogens (primary N) is 1. The number of likely N-dealkylation sites (N-methyl/N-ethyl adjacent to an activating group) is 1. The number of primary amides is 1. The van der Waals surface area contributed by atoms with E-state index in [1.165, 1.54) is 0 Å². The van der Waals surface area contributed by atoms with Crippen LogP contribution in [0.1, 0.15) is 32.9 Å². The lowest BCUT2D eigenvalue weighted by atomic mass is 10.1. The highest BCUT2D eigenvalue weighted by Gasteiger charge is 2.25. The van der Waals surface area contributed by atoms with Gasteiger partial charge in [0.25, 0.3) is 11.8 Å². The Hall–Kier alpha value is -3.30. The van der Waals surface area contributed by atoms with E-state index < -0.39 is 29.2 Å². The summed E-state index contributed by atoms with van der Waals surface area (Å²) < 4.78 is 33.0. The van der Waals surface area contributed by atoms with Gasteiger partial charge in [-0.15, -0.1) is 0 Å². The van der Waals surface area contributed by atoms with Gasteiger partial charge in [0.1, 0.15) is 11.5 Å². The molecule has 0 spiro atoms. The van der Waals surface area contributed by atoms with Gasteiger partial charge >= 0.3 is 0 Å². The van der Waals surface area contributed by atoms with Crippen LogP contribution in [0.2, 0.25) is 0 Å². The maximum absolute atomic E-state index is 14.1. The lowest BCUT2D eigenvalue weighted by molar-refractivity contribution is 0.0977. The van der Waals surface area contributed by atoms with E-state index in [4.69, 9.17) is 10.2 Å². The molecule has 7 nitrogen and oxygen atoms in total. The number of anilines is 1. The van der Waals surface area contributed by atoms with E-state index in [1.54, 1.807) is 18.2 Å². The van der Waals surface area contributed by atoms with Crippen molar-refractivity contribution in [3.8, 4) is 0 Å². The number of hydrogen-bond acceptors (Lipinski definition) is 5. The van der Waals surface area contributed by atoms with Crippen molar-refractivity contribution in [2.75, 3.05) is 32.5 Å². The third-order valence-corrected chi connectivity index (χ3v) is 5.74. The number of furan rings is 1. The van der Waals surface area contributed by atoms with Gasteiger partial charge in [0.15, 0.2) is 11.4 Å². The number of carbonyl (C=O) groups is 2. The Morgan fingerprint density at radius 1 is 1.25 bits per heavy atom. The van der Waals surface area contributed by atoms with E-state index in [-0.39, 0.29) is 16.7 Å². The molecule has 1 fully saturated rings. The molecule has 0 saturated carbocycles. The molecule has 9 heteroatoms. The predicted octanol–water partition coefficient (Wildman–Crippen LogP) is 3.20. The van der Waals surface area contributed by atoms with Gasteiger partial charge in [-0.05, 0) is 44.3 Å². The summed E-state index contributed by atoms with van der Waals surface area (Å²) in [5.41, 5.74) is 6.11. The molecule has 2 heterocycles. The molecule has 1 aliphatic rings. The second-order valence-corrected chi connectivity index (χ2v) is 8.23. The third-order valence-electron chi connectivity index (χ3n) is 5.74. The maximum Gasteiger partial charge on any atom is 0.286 e.